The first-order valence-electron chi connectivity index (χ1n) is 7.24. The van der Waals surface area contributed by atoms with Gasteiger partial charge in [0, 0.05) is 13.0 Å². The number of nitrogens with two attached hydrogens (primary N) is 2. The van der Waals surface area contributed by atoms with E-state index in [1.165, 1.54) is 0 Å². The zero-order valence-corrected chi connectivity index (χ0v) is 12.1. The van der Waals surface area contributed by atoms with Crippen molar-refractivity contribution in [2.24, 2.45) is 23.3 Å². The smallest absolute Gasteiger partial charge is 0.240 e. The molecule has 0 bridgehead atoms. The molecule has 2 amide bonds. The minimum absolute atomic E-state index is 0.0274. The Balaban J connectivity index is 2.61. The van der Waals surface area contributed by atoms with E-state index in [9.17, 15) is 9.59 Å². The van der Waals surface area contributed by atoms with Gasteiger partial charge < -0.3 is 16.4 Å². The van der Waals surface area contributed by atoms with E-state index in [4.69, 9.17) is 11.5 Å². The Morgan fingerprint density at radius 3 is 2.53 bits per heavy atom. The molecule has 0 spiro atoms. The number of rotatable bonds is 6. The van der Waals surface area contributed by atoms with Gasteiger partial charge in [-0.2, -0.15) is 0 Å². The Kier molecular flexibility index (Phi) is 6.28. The van der Waals surface area contributed by atoms with Crippen LogP contribution in [0.2, 0.25) is 0 Å². The highest BCUT2D eigenvalue weighted by Gasteiger charge is 2.31. The summed E-state index contributed by atoms with van der Waals surface area (Å²) in [5, 5.41) is 0. The van der Waals surface area contributed by atoms with Gasteiger partial charge in [-0.25, -0.2) is 0 Å². The molecule has 1 aliphatic heterocycles. The maximum absolute atomic E-state index is 12.3. The summed E-state index contributed by atoms with van der Waals surface area (Å²) in [7, 11) is 0. The predicted molar refractivity (Wildman–Crippen MR) is 75.2 cm³/mol. The van der Waals surface area contributed by atoms with Crippen molar-refractivity contribution in [2.75, 3.05) is 13.1 Å². The van der Waals surface area contributed by atoms with Gasteiger partial charge in [-0.3, -0.25) is 9.59 Å². The van der Waals surface area contributed by atoms with Crippen LogP contribution < -0.4 is 11.5 Å². The van der Waals surface area contributed by atoms with Crippen LogP contribution in [0.5, 0.6) is 0 Å². The topological polar surface area (TPSA) is 89.4 Å². The largest absolute Gasteiger partial charge is 0.368 e. The highest BCUT2D eigenvalue weighted by molar-refractivity contribution is 5.86. The molecule has 0 radical (unpaired) electrons. The van der Waals surface area contributed by atoms with Gasteiger partial charge in [0.25, 0.3) is 0 Å². The maximum atomic E-state index is 12.3. The highest BCUT2D eigenvalue weighted by atomic mass is 16.2. The zero-order valence-electron chi connectivity index (χ0n) is 12.1. The third-order valence-electron chi connectivity index (χ3n) is 3.75. The van der Waals surface area contributed by atoms with Crippen LogP contribution in [0.1, 0.15) is 46.0 Å². The number of hydrogen-bond donors (Lipinski definition) is 2. The number of primary amides is 1. The number of piperidine rings is 1. The molecule has 0 saturated carbocycles. The summed E-state index contributed by atoms with van der Waals surface area (Å²) in [5.41, 5.74) is 11.1. The quantitative estimate of drug-likeness (QED) is 0.749. The molecular formula is C14H27N3O2. The summed E-state index contributed by atoms with van der Waals surface area (Å²) in [5.74, 6) is 0.360. The van der Waals surface area contributed by atoms with Crippen LogP contribution in [-0.4, -0.2) is 35.8 Å². The second kappa shape index (κ2) is 7.48. The SMILES string of the molecule is CC(C)CC(CN)CC(=O)N1CCCCC1C(N)=O. The average Bonchev–Trinajstić information content (AvgIpc) is 2.37. The van der Waals surface area contributed by atoms with Crippen LogP contribution in [-0.2, 0) is 9.59 Å². The van der Waals surface area contributed by atoms with E-state index in [1.54, 1.807) is 4.90 Å². The van der Waals surface area contributed by atoms with E-state index >= 15 is 0 Å². The fraction of sp³-hybridized carbons (Fsp3) is 0.857. The van der Waals surface area contributed by atoms with Crippen molar-refractivity contribution in [1.82, 2.24) is 4.90 Å². The van der Waals surface area contributed by atoms with Crippen LogP contribution in [0.15, 0.2) is 0 Å². The third kappa shape index (κ3) is 4.82. The van der Waals surface area contributed by atoms with Crippen LogP contribution >= 0.6 is 0 Å². The Labute approximate surface area is 115 Å². The minimum Gasteiger partial charge on any atom is -0.368 e. The van der Waals surface area contributed by atoms with E-state index < -0.39 is 6.04 Å². The molecular weight excluding hydrogens is 242 g/mol. The number of amides is 2. The lowest BCUT2D eigenvalue weighted by molar-refractivity contribution is -0.141. The Bertz CT molecular complexity index is 318. The molecule has 19 heavy (non-hydrogen) atoms. The molecule has 1 heterocycles. The highest BCUT2D eigenvalue weighted by Crippen LogP contribution is 2.21. The van der Waals surface area contributed by atoms with Crippen molar-refractivity contribution in [3.8, 4) is 0 Å². The minimum atomic E-state index is -0.418. The maximum Gasteiger partial charge on any atom is 0.240 e. The molecule has 0 aliphatic carbocycles. The average molecular weight is 269 g/mol. The molecule has 2 atom stereocenters. The molecule has 110 valence electrons. The third-order valence-corrected chi connectivity index (χ3v) is 3.75. The number of likely N-dealkylation sites (tertiary alicyclic amines) is 1. The number of carbonyl (C=O) groups is 2. The molecule has 2 unspecified atom stereocenters. The molecule has 1 aliphatic rings. The molecule has 5 nitrogen and oxygen atoms in total. The van der Waals surface area contributed by atoms with E-state index in [0.717, 1.165) is 19.3 Å². The summed E-state index contributed by atoms with van der Waals surface area (Å²) >= 11 is 0. The predicted octanol–water partition coefficient (Wildman–Crippen LogP) is 0.864. The fourth-order valence-corrected chi connectivity index (χ4v) is 2.82. The molecule has 5 heteroatoms. The monoisotopic (exact) mass is 269 g/mol. The fourth-order valence-electron chi connectivity index (χ4n) is 2.82. The van der Waals surface area contributed by atoms with Crippen molar-refractivity contribution in [3.63, 3.8) is 0 Å². The van der Waals surface area contributed by atoms with Crippen molar-refractivity contribution < 1.29 is 9.59 Å². The van der Waals surface area contributed by atoms with Gasteiger partial charge in [0.2, 0.25) is 11.8 Å². The van der Waals surface area contributed by atoms with E-state index in [-0.39, 0.29) is 17.7 Å². The van der Waals surface area contributed by atoms with Crippen molar-refractivity contribution in [2.45, 2.75) is 52.0 Å². The van der Waals surface area contributed by atoms with E-state index in [2.05, 4.69) is 13.8 Å². The second-order valence-electron chi connectivity index (χ2n) is 5.94. The summed E-state index contributed by atoms with van der Waals surface area (Å²) in [6.45, 7) is 5.41. The molecule has 1 fully saturated rings. The Hall–Kier alpha value is -1.10. The first kappa shape index (κ1) is 16.0. The number of hydrogen-bond acceptors (Lipinski definition) is 3. The molecule has 0 aromatic rings. The lowest BCUT2D eigenvalue weighted by atomic mass is 9.92. The normalized spacial score (nSPS) is 21.5. The molecule has 1 rings (SSSR count). The first-order chi connectivity index (χ1) is 8.95. The van der Waals surface area contributed by atoms with Crippen LogP contribution in [0.25, 0.3) is 0 Å². The Morgan fingerprint density at radius 1 is 1.32 bits per heavy atom. The summed E-state index contributed by atoms with van der Waals surface area (Å²) in [4.78, 5) is 25.4. The second-order valence-corrected chi connectivity index (χ2v) is 5.94. The zero-order chi connectivity index (χ0) is 14.4. The standard InChI is InChI=1S/C14H27N3O2/c1-10(2)7-11(9-15)8-13(18)17-6-4-3-5-12(17)14(16)19/h10-12H,3-9,15H2,1-2H3,(H2,16,19). The van der Waals surface area contributed by atoms with Gasteiger partial charge in [0.15, 0.2) is 0 Å². The van der Waals surface area contributed by atoms with Gasteiger partial charge >= 0.3 is 0 Å². The van der Waals surface area contributed by atoms with Gasteiger partial charge in [-0.05, 0) is 44.1 Å². The summed E-state index contributed by atoms with van der Waals surface area (Å²) in [6, 6.07) is -0.418. The molecule has 0 aromatic carbocycles. The van der Waals surface area contributed by atoms with Crippen LogP contribution in [0.4, 0.5) is 0 Å². The van der Waals surface area contributed by atoms with Gasteiger partial charge in [0.1, 0.15) is 6.04 Å². The Morgan fingerprint density at radius 2 is 2.00 bits per heavy atom. The number of nitrogens with zero attached hydrogens (tertiary/aromatic N) is 1. The lowest BCUT2D eigenvalue weighted by Crippen LogP contribution is -2.51. The first-order valence-corrected chi connectivity index (χ1v) is 7.24. The number of carbonyl (C=O) groups excluding carboxylic acids is 2. The van der Waals surface area contributed by atoms with Crippen LogP contribution in [0, 0.1) is 11.8 Å². The van der Waals surface area contributed by atoms with Gasteiger partial charge in [0.05, 0.1) is 0 Å². The van der Waals surface area contributed by atoms with Crippen molar-refractivity contribution in [3.05, 3.63) is 0 Å². The van der Waals surface area contributed by atoms with Gasteiger partial charge in [-0.1, -0.05) is 13.8 Å². The summed E-state index contributed by atoms with van der Waals surface area (Å²) < 4.78 is 0. The molecule has 1 saturated heterocycles. The van der Waals surface area contributed by atoms with Crippen LogP contribution in [0.3, 0.4) is 0 Å². The molecule has 4 N–H and O–H groups in total. The van der Waals surface area contributed by atoms with Crippen molar-refractivity contribution in [1.29, 1.82) is 0 Å². The van der Waals surface area contributed by atoms with E-state index in [0.29, 0.717) is 31.8 Å². The lowest BCUT2D eigenvalue weighted by Gasteiger charge is -2.34. The van der Waals surface area contributed by atoms with Crippen molar-refractivity contribution >= 4 is 11.8 Å². The summed E-state index contributed by atoms with van der Waals surface area (Å²) in [6.07, 6.45) is 3.98. The molecule has 0 aromatic heterocycles. The van der Waals surface area contributed by atoms with E-state index in [1.807, 2.05) is 0 Å². The van der Waals surface area contributed by atoms with Gasteiger partial charge in [-0.15, -0.1) is 0 Å².